The van der Waals surface area contributed by atoms with Crippen LogP contribution in [0.25, 0.3) is 0 Å². The fourth-order valence-corrected chi connectivity index (χ4v) is 3.18. The number of anilines is 1. The van der Waals surface area contributed by atoms with Crippen LogP contribution in [0, 0.1) is 5.92 Å². The summed E-state index contributed by atoms with van der Waals surface area (Å²) >= 11 is 0. The van der Waals surface area contributed by atoms with Crippen molar-refractivity contribution in [2.24, 2.45) is 10.9 Å². The first-order valence-electron chi connectivity index (χ1n) is 9.19. The largest absolute Gasteiger partial charge is 0.491 e. The molecule has 0 radical (unpaired) electrons. The lowest BCUT2D eigenvalue weighted by Gasteiger charge is -2.12. The monoisotopic (exact) mass is 349 g/mol. The zero-order valence-corrected chi connectivity index (χ0v) is 15.2. The van der Waals surface area contributed by atoms with Gasteiger partial charge in [0.15, 0.2) is 0 Å². The number of aliphatic imine (C=N–C) groups is 1. The topological polar surface area (TPSA) is 63.6 Å². The molecule has 1 N–H and O–H groups in total. The molecule has 134 valence electrons. The summed E-state index contributed by atoms with van der Waals surface area (Å²) in [6.45, 7) is 4.70. The number of nitrogens with one attached hydrogen (secondary N) is 1. The van der Waals surface area contributed by atoms with E-state index in [1.165, 1.54) is 5.56 Å². The van der Waals surface area contributed by atoms with E-state index in [-0.39, 0.29) is 12.0 Å². The summed E-state index contributed by atoms with van der Waals surface area (Å²) in [6.07, 6.45) is 4.76. The number of rotatable bonds is 6. The molecule has 1 saturated carbocycles. The summed E-state index contributed by atoms with van der Waals surface area (Å²) in [5.41, 5.74) is 4.16. The van der Waals surface area contributed by atoms with Crippen LogP contribution in [0.2, 0.25) is 0 Å². The van der Waals surface area contributed by atoms with Gasteiger partial charge in [-0.1, -0.05) is 6.07 Å². The molecule has 1 aromatic carbocycles. The molecule has 0 unspecified atom stereocenters. The van der Waals surface area contributed by atoms with Crippen molar-refractivity contribution in [3.8, 4) is 5.75 Å². The Hall–Kier alpha value is -2.69. The maximum atomic E-state index is 12.0. The highest BCUT2D eigenvalue weighted by molar-refractivity contribution is 6.15. The van der Waals surface area contributed by atoms with Crippen molar-refractivity contribution < 1.29 is 9.53 Å². The molecule has 4 rings (SSSR count). The third kappa shape index (κ3) is 3.77. The maximum absolute atomic E-state index is 12.0. The van der Waals surface area contributed by atoms with Crippen LogP contribution in [0.3, 0.4) is 0 Å². The first-order valence-corrected chi connectivity index (χ1v) is 9.19. The van der Waals surface area contributed by atoms with Gasteiger partial charge in [-0.3, -0.25) is 9.79 Å². The van der Waals surface area contributed by atoms with Gasteiger partial charge in [-0.25, -0.2) is 4.98 Å². The van der Waals surface area contributed by atoms with Gasteiger partial charge < -0.3 is 10.1 Å². The van der Waals surface area contributed by atoms with Gasteiger partial charge in [0.25, 0.3) is 0 Å². The lowest BCUT2D eigenvalue weighted by molar-refractivity contribution is -0.116. The van der Waals surface area contributed by atoms with Crippen LogP contribution in [-0.2, 0) is 11.3 Å². The molecule has 5 heteroatoms. The number of hydrogen-bond donors (Lipinski definition) is 1. The molecule has 0 spiro atoms. The van der Waals surface area contributed by atoms with Crippen LogP contribution in [-0.4, -0.2) is 22.7 Å². The van der Waals surface area contributed by atoms with Gasteiger partial charge in [-0.2, -0.15) is 0 Å². The van der Waals surface area contributed by atoms with Crippen LogP contribution >= 0.6 is 0 Å². The second-order valence-electron chi connectivity index (χ2n) is 7.28. The molecular formula is C21H23N3O2. The summed E-state index contributed by atoms with van der Waals surface area (Å²) in [5, 5.41) is 2.91. The van der Waals surface area contributed by atoms with Gasteiger partial charge in [-0.15, -0.1) is 0 Å². The fraction of sp³-hybridized carbons (Fsp3) is 0.381. The Bertz CT molecular complexity index is 869. The van der Waals surface area contributed by atoms with Crippen molar-refractivity contribution in [1.29, 1.82) is 0 Å². The molecule has 26 heavy (non-hydrogen) atoms. The molecule has 1 aromatic heterocycles. The molecule has 2 aliphatic rings. The van der Waals surface area contributed by atoms with Gasteiger partial charge in [0, 0.05) is 23.7 Å². The number of fused-ring (bicyclic) bond motifs is 1. The summed E-state index contributed by atoms with van der Waals surface area (Å²) in [6, 6.07) is 9.94. The van der Waals surface area contributed by atoms with Crippen molar-refractivity contribution in [1.82, 2.24) is 4.98 Å². The average molecular weight is 349 g/mol. The molecule has 1 fully saturated rings. The Labute approximate surface area is 153 Å². The average Bonchev–Trinajstić information content (AvgIpc) is 3.30. The van der Waals surface area contributed by atoms with E-state index in [1.54, 1.807) is 6.20 Å². The predicted molar refractivity (Wildman–Crippen MR) is 102 cm³/mol. The van der Waals surface area contributed by atoms with E-state index < -0.39 is 0 Å². The SMILES string of the molecule is CC(C)Oc1ccc2c(c1)C(c1ccnc(NC(=O)CC3CC3)c1)=NC2. The minimum atomic E-state index is 0.0403. The van der Waals surface area contributed by atoms with Crippen molar-refractivity contribution in [2.75, 3.05) is 5.32 Å². The summed E-state index contributed by atoms with van der Waals surface area (Å²) in [5.74, 6) is 2.03. The number of hydrogen-bond acceptors (Lipinski definition) is 4. The van der Waals surface area contributed by atoms with Crippen LogP contribution in [0.5, 0.6) is 5.75 Å². The van der Waals surface area contributed by atoms with Crippen LogP contribution < -0.4 is 10.1 Å². The summed E-state index contributed by atoms with van der Waals surface area (Å²) in [4.78, 5) is 21.0. The van der Waals surface area contributed by atoms with Crippen molar-refractivity contribution in [3.63, 3.8) is 0 Å². The summed E-state index contributed by atoms with van der Waals surface area (Å²) < 4.78 is 5.82. The van der Waals surface area contributed by atoms with E-state index in [0.717, 1.165) is 35.4 Å². The van der Waals surface area contributed by atoms with E-state index in [9.17, 15) is 4.79 Å². The Balaban J connectivity index is 1.55. The number of carbonyl (C=O) groups excluding carboxylic acids is 1. The van der Waals surface area contributed by atoms with E-state index in [2.05, 4.69) is 16.4 Å². The van der Waals surface area contributed by atoms with Crippen LogP contribution in [0.15, 0.2) is 41.5 Å². The molecular weight excluding hydrogens is 326 g/mol. The second-order valence-corrected chi connectivity index (χ2v) is 7.28. The van der Waals surface area contributed by atoms with Crippen LogP contribution in [0.4, 0.5) is 5.82 Å². The molecule has 1 aliphatic heterocycles. The Morgan fingerprint density at radius 3 is 2.88 bits per heavy atom. The zero-order valence-electron chi connectivity index (χ0n) is 15.2. The maximum Gasteiger partial charge on any atom is 0.225 e. The number of amides is 1. The normalized spacial score (nSPS) is 15.6. The van der Waals surface area contributed by atoms with E-state index >= 15 is 0 Å². The minimum absolute atomic E-state index is 0.0403. The first kappa shape index (κ1) is 16.8. The molecule has 0 bridgehead atoms. The summed E-state index contributed by atoms with van der Waals surface area (Å²) in [7, 11) is 0. The first-order chi connectivity index (χ1) is 12.6. The lowest BCUT2D eigenvalue weighted by atomic mass is 10.0. The number of aromatic nitrogens is 1. The minimum Gasteiger partial charge on any atom is -0.491 e. The Kier molecular flexibility index (Phi) is 4.45. The van der Waals surface area contributed by atoms with Gasteiger partial charge in [0.2, 0.25) is 5.91 Å². The van der Waals surface area contributed by atoms with Crippen LogP contribution in [0.1, 0.15) is 49.8 Å². The molecule has 1 aliphatic carbocycles. The molecule has 0 saturated heterocycles. The Morgan fingerprint density at radius 1 is 1.27 bits per heavy atom. The van der Waals surface area contributed by atoms with Gasteiger partial charge in [0.05, 0.1) is 18.4 Å². The number of pyridine rings is 1. The third-order valence-corrected chi connectivity index (χ3v) is 4.59. The zero-order chi connectivity index (χ0) is 18.1. The van der Waals surface area contributed by atoms with E-state index in [4.69, 9.17) is 9.73 Å². The smallest absolute Gasteiger partial charge is 0.225 e. The molecule has 2 aromatic rings. The van der Waals surface area contributed by atoms with E-state index in [1.807, 2.05) is 38.1 Å². The Morgan fingerprint density at radius 2 is 2.12 bits per heavy atom. The highest BCUT2D eigenvalue weighted by atomic mass is 16.5. The number of nitrogens with zero attached hydrogens (tertiary/aromatic N) is 2. The second kappa shape index (κ2) is 6.90. The number of carbonyl (C=O) groups is 1. The van der Waals surface area contributed by atoms with E-state index in [0.29, 0.717) is 24.7 Å². The number of benzene rings is 1. The van der Waals surface area contributed by atoms with Crippen molar-refractivity contribution in [3.05, 3.63) is 53.2 Å². The molecule has 5 nitrogen and oxygen atoms in total. The fourth-order valence-electron chi connectivity index (χ4n) is 3.18. The van der Waals surface area contributed by atoms with Crippen molar-refractivity contribution in [2.45, 2.75) is 45.8 Å². The standard InChI is InChI=1S/C21H23N3O2/c1-13(2)26-17-6-5-16-12-23-21(18(16)11-17)15-7-8-22-19(10-15)24-20(25)9-14-3-4-14/h5-8,10-11,13-14H,3-4,9,12H2,1-2H3,(H,22,24,25). The van der Waals surface area contributed by atoms with Gasteiger partial charge in [-0.05, 0) is 62.4 Å². The highest BCUT2D eigenvalue weighted by Gasteiger charge is 2.25. The highest BCUT2D eigenvalue weighted by Crippen LogP contribution is 2.32. The third-order valence-electron chi connectivity index (χ3n) is 4.59. The lowest BCUT2D eigenvalue weighted by Crippen LogP contribution is -2.13. The molecule has 1 amide bonds. The van der Waals surface area contributed by atoms with Gasteiger partial charge >= 0.3 is 0 Å². The van der Waals surface area contributed by atoms with Crippen molar-refractivity contribution >= 4 is 17.4 Å². The quantitative estimate of drug-likeness (QED) is 0.858. The molecule has 0 atom stereocenters. The van der Waals surface area contributed by atoms with Gasteiger partial charge in [0.1, 0.15) is 11.6 Å². The molecule has 2 heterocycles. The predicted octanol–water partition coefficient (Wildman–Crippen LogP) is 3.96. The number of ether oxygens (including phenoxy) is 1.